The smallest absolute Gasteiger partial charge is 0.158 e. The van der Waals surface area contributed by atoms with Crippen molar-refractivity contribution in [2.75, 3.05) is 6.61 Å². The van der Waals surface area contributed by atoms with Crippen molar-refractivity contribution in [3.63, 3.8) is 0 Å². The van der Waals surface area contributed by atoms with E-state index in [1.54, 1.807) is 0 Å². The average molecular weight is 550 g/mol. The van der Waals surface area contributed by atoms with E-state index in [0.29, 0.717) is 41.9 Å². The van der Waals surface area contributed by atoms with Crippen molar-refractivity contribution in [2.24, 2.45) is 46.4 Å². The fourth-order valence-corrected chi connectivity index (χ4v) is 7.84. The molecule has 0 bridgehead atoms. The zero-order chi connectivity index (χ0) is 26.9. The summed E-state index contributed by atoms with van der Waals surface area (Å²) >= 11 is 6.70. The predicted molar refractivity (Wildman–Crippen MR) is 159 cm³/mol. The first kappa shape index (κ1) is 27.3. The Hall–Kier alpha value is -1.92. The summed E-state index contributed by atoms with van der Waals surface area (Å²) in [6, 6.07) is 0. The Bertz CT molecular complexity index is 1120. The van der Waals surface area contributed by atoms with E-state index >= 15 is 0 Å². The summed E-state index contributed by atoms with van der Waals surface area (Å²) in [4.78, 5) is 5.14. The number of aliphatic imine (C=N–C) groups is 1. The lowest BCUT2D eigenvalue weighted by Gasteiger charge is -2.50. The molecule has 0 spiro atoms. The summed E-state index contributed by atoms with van der Waals surface area (Å²) in [5.74, 6) is 3.60. The molecule has 6 heteroatoms. The molecule has 1 aliphatic heterocycles. The molecule has 3 N–H and O–H groups in total. The number of halogens is 1. The van der Waals surface area contributed by atoms with Crippen molar-refractivity contribution in [2.45, 2.75) is 76.4 Å². The highest BCUT2D eigenvalue weighted by Gasteiger charge is 2.47. The van der Waals surface area contributed by atoms with Gasteiger partial charge in [-0.2, -0.15) is 0 Å². The Morgan fingerprint density at radius 3 is 2.85 bits per heavy atom. The third-order valence-electron chi connectivity index (χ3n) is 9.82. The number of alkyl halides is 1. The van der Waals surface area contributed by atoms with Crippen LogP contribution in [0.1, 0.15) is 52.4 Å². The third-order valence-corrected chi connectivity index (χ3v) is 10.1. The van der Waals surface area contributed by atoms with Crippen molar-refractivity contribution >= 4 is 17.4 Å². The lowest BCUT2D eigenvalue weighted by molar-refractivity contribution is 0.00874. The lowest BCUT2D eigenvalue weighted by atomic mass is 9.55. The minimum Gasteiger partial charge on any atom is -0.392 e. The first-order chi connectivity index (χ1) is 19.1. The number of ether oxygens (including phenoxy) is 1. The van der Waals surface area contributed by atoms with Crippen LogP contribution >= 0.6 is 11.6 Å². The van der Waals surface area contributed by atoms with Gasteiger partial charge in [-0.05, 0) is 47.7 Å². The molecular formula is C33H44ClN3O2. The second-order valence-electron chi connectivity index (χ2n) is 12.2. The van der Waals surface area contributed by atoms with Crippen LogP contribution in [0, 0.1) is 41.4 Å². The van der Waals surface area contributed by atoms with Gasteiger partial charge in [0.25, 0.3) is 0 Å². The number of aliphatic hydroxyl groups excluding tert-OH is 1. The van der Waals surface area contributed by atoms with Gasteiger partial charge in [0.05, 0.1) is 24.7 Å². The maximum Gasteiger partial charge on any atom is 0.158 e. The number of hydrogen-bond donors (Lipinski definition) is 3. The number of hydrogen-bond acceptors (Lipinski definition) is 5. The number of nitrogens with one attached hydrogen (secondary N) is 2. The summed E-state index contributed by atoms with van der Waals surface area (Å²) in [6.07, 6.45) is 28.6. The van der Waals surface area contributed by atoms with E-state index in [2.05, 4.69) is 85.2 Å². The van der Waals surface area contributed by atoms with Crippen LogP contribution in [0.5, 0.6) is 0 Å². The fraction of sp³-hybridized carbons (Fsp3) is 0.606. The molecule has 6 aliphatic rings. The molecule has 0 aromatic heterocycles. The van der Waals surface area contributed by atoms with Gasteiger partial charge in [-0.15, -0.1) is 0 Å². The number of unbranched alkanes of at least 4 members (excludes halogenated alkanes) is 1. The molecule has 0 saturated carbocycles. The molecule has 39 heavy (non-hydrogen) atoms. The fourth-order valence-electron chi connectivity index (χ4n) is 7.61. The van der Waals surface area contributed by atoms with E-state index in [1.165, 1.54) is 30.4 Å². The minimum absolute atomic E-state index is 0.0544. The Balaban J connectivity index is 1.18. The average Bonchev–Trinajstić information content (AvgIpc) is 2.95. The molecule has 0 amide bonds. The molecule has 0 aromatic rings. The molecule has 1 heterocycles. The molecule has 11 atom stereocenters. The number of allylic oxidation sites excluding steroid dienone is 9. The zero-order valence-electron chi connectivity index (χ0n) is 23.3. The molecule has 6 rings (SSSR count). The molecule has 5 nitrogen and oxygen atoms in total. The Labute approximate surface area is 238 Å². The summed E-state index contributed by atoms with van der Waals surface area (Å²) in [7, 11) is 0. The van der Waals surface area contributed by atoms with E-state index in [1.807, 2.05) is 0 Å². The van der Waals surface area contributed by atoms with Gasteiger partial charge in [-0.3, -0.25) is 5.32 Å². The first-order valence-electron chi connectivity index (χ1n) is 15.2. The van der Waals surface area contributed by atoms with Crippen LogP contribution < -0.4 is 10.6 Å². The normalized spacial score (nSPS) is 40.8. The quantitative estimate of drug-likeness (QED) is 0.187. The van der Waals surface area contributed by atoms with Crippen molar-refractivity contribution < 1.29 is 9.84 Å². The van der Waals surface area contributed by atoms with E-state index in [0.717, 1.165) is 25.3 Å². The van der Waals surface area contributed by atoms with Crippen LogP contribution in [-0.4, -0.2) is 41.5 Å². The van der Waals surface area contributed by atoms with Gasteiger partial charge in [0.1, 0.15) is 12.0 Å². The molecular weight excluding hydrogens is 506 g/mol. The van der Waals surface area contributed by atoms with Crippen molar-refractivity contribution in [1.82, 2.24) is 10.6 Å². The zero-order valence-corrected chi connectivity index (χ0v) is 24.0. The molecule has 11 unspecified atom stereocenters. The first-order valence-corrected chi connectivity index (χ1v) is 15.7. The van der Waals surface area contributed by atoms with Crippen molar-refractivity contribution in [1.29, 1.82) is 0 Å². The van der Waals surface area contributed by atoms with Gasteiger partial charge in [0.2, 0.25) is 0 Å². The molecule has 0 fully saturated rings. The van der Waals surface area contributed by atoms with E-state index in [9.17, 15) is 5.11 Å². The standard InChI is InChI=1S/C33H44ClN3O2/c1-3-5-7-20(4-2)19-39-24-14-17-27(28(38)18-24)32-35-31(36-33(34)37-32)26-16-13-23-11-10-21-8-6-9-22-12-15-25(26)30(23)29(21)22/h6,8-12,14-17,20-21,23-25,27-31,33,36,38H,3-5,7,13,18-19H2,1-2H3,(H,35,37). The van der Waals surface area contributed by atoms with Crippen molar-refractivity contribution in [3.05, 3.63) is 71.9 Å². The van der Waals surface area contributed by atoms with Gasteiger partial charge < -0.3 is 15.2 Å². The maximum atomic E-state index is 11.2. The number of nitrogens with zero attached hydrogens (tertiary/aromatic N) is 1. The van der Waals surface area contributed by atoms with Gasteiger partial charge in [-0.1, -0.05) is 105 Å². The monoisotopic (exact) mass is 549 g/mol. The molecule has 5 aliphatic carbocycles. The predicted octanol–water partition coefficient (Wildman–Crippen LogP) is 6.01. The van der Waals surface area contributed by atoms with E-state index in [4.69, 9.17) is 21.3 Å². The van der Waals surface area contributed by atoms with Crippen molar-refractivity contribution in [3.8, 4) is 0 Å². The van der Waals surface area contributed by atoms with E-state index in [-0.39, 0.29) is 18.2 Å². The van der Waals surface area contributed by atoms with Crippen LogP contribution in [-0.2, 0) is 4.74 Å². The second-order valence-corrected chi connectivity index (χ2v) is 12.6. The number of rotatable bonds is 9. The Kier molecular flexibility index (Phi) is 8.32. The van der Waals surface area contributed by atoms with Crippen LogP contribution in [0.15, 0.2) is 76.9 Å². The number of amidine groups is 1. The Morgan fingerprint density at radius 1 is 1.13 bits per heavy atom. The Morgan fingerprint density at radius 2 is 2.03 bits per heavy atom. The third kappa shape index (κ3) is 5.53. The summed E-state index contributed by atoms with van der Waals surface area (Å²) in [5, 5.41) is 17.9. The largest absolute Gasteiger partial charge is 0.392 e. The van der Waals surface area contributed by atoms with Gasteiger partial charge in [-0.25, -0.2) is 4.99 Å². The van der Waals surface area contributed by atoms with Crippen LogP contribution in [0.3, 0.4) is 0 Å². The SMILES string of the molecule is CCCCC(CC)COC1C=CC(C2=NC(C3=CCC4C=CC5C=CC=C6C=CC3C4C65)NC(Cl)N2)C(O)C1. The molecule has 0 saturated heterocycles. The molecule has 0 aromatic carbocycles. The molecule has 0 radical (unpaired) electrons. The lowest BCUT2D eigenvalue weighted by Crippen LogP contribution is -2.56. The van der Waals surface area contributed by atoms with Crippen LogP contribution in [0.25, 0.3) is 0 Å². The summed E-state index contributed by atoms with van der Waals surface area (Å²) in [5.41, 5.74) is 2.33. The maximum absolute atomic E-state index is 11.2. The van der Waals surface area contributed by atoms with Gasteiger partial charge >= 0.3 is 0 Å². The molecule has 210 valence electrons. The highest BCUT2D eigenvalue weighted by Crippen LogP contribution is 2.53. The highest BCUT2D eigenvalue weighted by molar-refractivity contribution is 6.21. The van der Waals surface area contributed by atoms with Gasteiger partial charge in [0.15, 0.2) is 5.62 Å². The van der Waals surface area contributed by atoms with Crippen LogP contribution in [0.4, 0.5) is 0 Å². The summed E-state index contributed by atoms with van der Waals surface area (Å²) in [6.45, 7) is 5.23. The number of aliphatic hydroxyl groups is 1. The second kappa shape index (κ2) is 11.9. The van der Waals surface area contributed by atoms with Crippen LogP contribution in [0.2, 0.25) is 0 Å². The van der Waals surface area contributed by atoms with Gasteiger partial charge in [0, 0.05) is 18.3 Å². The minimum atomic E-state index is -0.560. The highest BCUT2D eigenvalue weighted by atomic mass is 35.5. The summed E-state index contributed by atoms with van der Waals surface area (Å²) < 4.78 is 6.23. The topological polar surface area (TPSA) is 65.9 Å². The van der Waals surface area contributed by atoms with E-state index < -0.39 is 11.7 Å².